The quantitative estimate of drug-likeness (QED) is 0.815. The molecule has 0 saturated heterocycles. The highest BCUT2D eigenvalue weighted by Crippen LogP contribution is 2.33. The van der Waals surface area contributed by atoms with Gasteiger partial charge in [0.2, 0.25) is 0 Å². The Morgan fingerprint density at radius 3 is 2.27 bits per heavy atom. The van der Waals surface area contributed by atoms with Crippen molar-refractivity contribution in [1.29, 1.82) is 0 Å². The predicted molar refractivity (Wildman–Crippen MR) is 88.0 cm³/mol. The van der Waals surface area contributed by atoms with Crippen molar-refractivity contribution in [1.82, 2.24) is 0 Å². The van der Waals surface area contributed by atoms with Gasteiger partial charge in [0.15, 0.2) is 11.5 Å². The van der Waals surface area contributed by atoms with Crippen LogP contribution in [0.1, 0.15) is 15.9 Å². The Morgan fingerprint density at radius 1 is 1.14 bits per heavy atom. The highest BCUT2D eigenvalue weighted by Gasteiger charge is 2.09. The van der Waals surface area contributed by atoms with Crippen LogP contribution >= 0.6 is 15.9 Å². The average Bonchev–Trinajstić information content (AvgIpc) is 2.53. The molecule has 116 valence electrons. The molecule has 22 heavy (non-hydrogen) atoms. The lowest BCUT2D eigenvalue weighted by molar-refractivity contribution is 0.0697. The number of ether oxygens (including phenoxy) is 2. The maximum absolute atomic E-state index is 10.8. The van der Waals surface area contributed by atoms with Crippen molar-refractivity contribution in [3.63, 3.8) is 0 Å². The number of carboxylic acid groups (broad SMARTS) is 1. The Bertz CT molecular complexity index is 671. The number of carbonyl (C=O) groups is 1. The number of aromatic carboxylic acids is 1. The van der Waals surface area contributed by atoms with Gasteiger partial charge < -0.3 is 19.9 Å². The molecule has 0 heterocycles. The van der Waals surface area contributed by atoms with Gasteiger partial charge in [-0.2, -0.15) is 0 Å². The van der Waals surface area contributed by atoms with E-state index in [0.717, 1.165) is 15.7 Å². The highest BCUT2D eigenvalue weighted by molar-refractivity contribution is 9.10. The van der Waals surface area contributed by atoms with Gasteiger partial charge in [-0.15, -0.1) is 0 Å². The monoisotopic (exact) mass is 365 g/mol. The minimum Gasteiger partial charge on any atom is -0.493 e. The normalized spacial score (nSPS) is 10.1. The SMILES string of the molecule is COc1cc(Br)c(CNc2ccc(C(=O)O)cc2)cc1OC. The number of carboxylic acids is 1. The molecule has 2 rings (SSSR count). The number of halogens is 1. The zero-order valence-corrected chi connectivity index (χ0v) is 13.8. The van der Waals surface area contributed by atoms with Crippen molar-refractivity contribution in [2.24, 2.45) is 0 Å². The van der Waals surface area contributed by atoms with Gasteiger partial charge in [-0.05, 0) is 42.0 Å². The van der Waals surface area contributed by atoms with Gasteiger partial charge in [-0.1, -0.05) is 15.9 Å². The van der Waals surface area contributed by atoms with Crippen molar-refractivity contribution in [2.45, 2.75) is 6.54 Å². The third-order valence-electron chi connectivity index (χ3n) is 3.17. The maximum atomic E-state index is 10.8. The fourth-order valence-electron chi connectivity index (χ4n) is 1.96. The van der Waals surface area contributed by atoms with E-state index in [1.165, 1.54) is 0 Å². The summed E-state index contributed by atoms with van der Waals surface area (Å²) in [6.45, 7) is 0.563. The molecule has 2 aromatic carbocycles. The summed E-state index contributed by atoms with van der Waals surface area (Å²) >= 11 is 3.50. The van der Waals surface area contributed by atoms with E-state index in [0.29, 0.717) is 18.0 Å². The van der Waals surface area contributed by atoms with Gasteiger partial charge in [-0.25, -0.2) is 4.79 Å². The summed E-state index contributed by atoms with van der Waals surface area (Å²) in [6, 6.07) is 10.3. The third-order valence-corrected chi connectivity index (χ3v) is 3.91. The molecule has 0 aromatic heterocycles. The van der Waals surface area contributed by atoms with Crippen LogP contribution < -0.4 is 14.8 Å². The number of benzene rings is 2. The van der Waals surface area contributed by atoms with E-state index in [4.69, 9.17) is 14.6 Å². The molecule has 0 saturated carbocycles. The van der Waals surface area contributed by atoms with Crippen LogP contribution in [0.3, 0.4) is 0 Å². The largest absolute Gasteiger partial charge is 0.493 e. The zero-order chi connectivity index (χ0) is 16.1. The molecule has 0 aliphatic rings. The van der Waals surface area contributed by atoms with Crippen molar-refractivity contribution in [3.8, 4) is 11.5 Å². The molecule has 0 fully saturated rings. The molecule has 0 bridgehead atoms. The van der Waals surface area contributed by atoms with Crippen molar-refractivity contribution >= 4 is 27.6 Å². The second-order valence-corrected chi connectivity index (χ2v) is 5.39. The number of anilines is 1. The first kappa shape index (κ1) is 16.2. The van der Waals surface area contributed by atoms with Crippen LogP contribution in [0.5, 0.6) is 11.5 Å². The topological polar surface area (TPSA) is 67.8 Å². The molecular formula is C16H16BrNO4. The van der Waals surface area contributed by atoms with Crippen molar-refractivity contribution in [2.75, 3.05) is 19.5 Å². The Kier molecular flexibility index (Phi) is 5.27. The van der Waals surface area contributed by atoms with Gasteiger partial charge in [0.05, 0.1) is 19.8 Å². The molecule has 5 nitrogen and oxygen atoms in total. The first-order valence-corrected chi connectivity index (χ1v) is 7.32. The van der Waals surface area contributed by atoms with Crippen LogP contribution in [0.4, 0.5) is 5.69 Å². The summed E-state index contributed by atoms with van der Waals surface area (Å²) in [5, 5.41) is 12.1. The predicted octanol–water partition coefficient (Wildman–Crippen LogP) is 3.78. The third kappa shape index (κ3) is 3.71. The van der Waals surface area contributed by atoms with E-state index in [1.54, 1.807) is 38.5 Å². The van der Waals surface area contributed by atoms with Gasteiger partial charge in [0.25, 0.3) is 0 Å². The lowest BCUT2D eigenvalue weighted by Gasteiger charge is -2.13. The lowest BCUT2D eigenvalue weighted by atomic mass is 10.1. The maximum Gasteiger partial charge on any atom is 0.335 e. The van der Waals surface area contributed by atoms with E-state index in [1.807, 2.05) is 12.1 Å². The fraction of sp³-hybridized carbons (Fsp3) is 0.188. The first-order valence-electron chi connectivity index (χ1n) is 6.52. The van der Waals surface area contributed by atoms with Crippen LogP contribution in [0.15, 0.2) is 40.9 Å². The zero-order valence-electron chi connectivity index (χ0n) is 12.2. The van der Waals surface area contributed by atoms with Gasteiger partial charge in [0, 0.05) is 16.7 Å². The second kappa shape index (κ2) is 7.17. The molecule has 0 unspecified atom stereocenters. The highest BCUT2D eigenvalue weighted by atomic mass is 79.9. The van der Waals surface area contributed by atoms with Gasteiger partial charge in [-0.3, -0.25) is 0 Å². The van der Waals surface area contributed by atoms with Gasteiger partial charge >= 0.3 is 5.97 Å². The average molecular weight is 366 g/mol. The van der Waals surface area contributed by atoms with Crippen LogP contribution in [0.2, 0.25) is 0 Å². The lowest BCUT2D eigenvalue weighted by Crippen LogP contribution is -2.02. The number of hydrogen-bond donors (Lipinski definition) is 2. The molecule has 0 aliphatic carbocycles. The van der Waals surface area contributed by atoms with Crippen molar-refractivity contribution in [3.05, 3.63) is 52.0 Å². The summed E-state index contributed by atoms with van der Waals surface area (Å²) in [6.07, 6.45) is 0. The molecular weight excluding hydrogens is 350 g/mol. The minimum absolute atomic E-state index is 0.262. The standard InChI is InChI=1S/C16H16BrNO4/c1-21-14-7-11(13(17)8-15(14)22-2)9-18-12-5-3-10(4-6-12)16(19)20/h3-8,18H,9H2,1-2H3,(H,19,20). The Hall–Kier alpha value is -2.21. The summed E-state index contributed by atoms with van der Waals surface area (Å²) < 4.78 is 11.4. The van der Waals surface area contributed by atoms with E-state index in [9.17, 15) is 4.79 Å². The summed E-state index contributed by atoms with van der Waals surface area (Å²) in [4.78, 5) is 10.8. The molecule has 0 amide bonds. The Morgan fingerprint density at radius 2 is 1.73 bits per heavy atom. The minimum atomic E-state index is -0.936. The van der Waals surface area contributed by atoms with E-state index < -0.39 is 5.97 Å². The van der Waals surface area contributed by atoms with Crippen molar-refractivity contribution < 1.29 is 19.4 Å². The first-order chi connectivity index (χ1) is 10.5. The van der Waals surface area contributed by atoms with E-state index >= 15 is 0 Å². The fourth-order valence-corrected chi connectivity index (χ4v) is 2.42. The molecule has 0 atom stereocenters. The van der Waals surface area contributed by atoms with E-state index in [2.05, 4.69) is 21.2 Å². The number of hydrogen-bond acceptors (Lipinski definition) is 4. The second-order valence-electron chi connectivity index (χ2n) is 4.53. The number of methoxy groups -OCH3 is 2. The van der Waals surface area contributed by atoms with Crippen LogP contribution in [0.25, 0.3) is 0 Å². The summed E-state index contributed by atoms with van der Waals surface area (Å²) in [7, 11) is 3.18. The van der Waals surface area contributed by atoms with Crippen LogP contribution in [-0.2, 0) is 6.54 Å². The molecule has 0 spiro atoms. The van der Waals surface area contributed by atoms with Gasteiger partial charge in [0.1, 0.15) is 0 Å². The summed E-state index contributed by atoms with van der Waals surface area (Å²) in [5.41, 5.74) is 2.10. The Balaban J connectivity index is 2.12. The molecule has 0 radical (unpaired) electrons. The Labute approximate surface area is 137 Å². The molecule has 2 N–H and O–H groups in total. The molecule has 0 aliphatic heterocycles. The van der Waals surface area contributed by atoms with Crippen LogP contribution in [-0.4, -0.2) is 25.3 Å². The summed E-state index contributed by atoms with van der Waals surface area (Å²) in [5.74, 6) is 0.377. The molecule has 2 aromatic rings. The van der Waals surface area contributed by atoms with Crippen LogP contribution in [0, 0.1) is 0 Å². The number of rotatable bonds is 6. The van der Waals surface area contributed by atoms with E-state index in [-0.39, 0.29) is 5.56 Å². The molecule has 6 heteroatoms. The smallest absolute Gasteiger partial charge is 0.335 e. The number of nitrogens with one attached hydrogen (secondary N) is 1.